The number of halogens is 2. The number of aliphatic carboxylic acids is 1. The summed E-state index contributed by atoms with van der Waals surface area (Å²) < 4.78 is 24.7. The molecule has 1 fully saturated rings. The van der Waals surface area contributed by atoms with Crippen LogP contribution in [0.5, 0.6) is 0 Å². The maximum Gasteiger partial charge on any atom is 0.308 e. The molecule has 1 saturated carbocycles. The van der Waals surface area contributed by atoms with Gasteiger partial charge in [0.15, 0.2) is 0 Å². The minimum atomic E-state index is -2.41. The summed E-state index contributed by atoms with van der Waals surface area (Å²) in [5, 5.41) is 9.14. The van der Waals surface area contributed by atoms with Crippen LogP contribution in [0.15, 0.2) is 0 Å². The second-order valence-electron chi connectivity index (χ2n) is 4.93. The van der Waals surface area contributed by atoms with Gasteiger partial charge in [0.25, 0.3) is 6.43 Å². The second kappa shape index (κ2) is 6.28. The van der Waals surface area contributed by atoms with E-state index in [1.54, 1.807) is 7.05 Å². The van der Waals surface area contributed by atoms with E-state index >= 15 is 0 Å². The van der Waals surface area contributed by atoms with Gasteiger partial charge < -0.3 is 5.11 Å². The number of hydrogen-bond donors (Lipinski definition) is 1. The summed E-state index contributed by atoms with van der Waals surface area (Å²) in [4.78, 5) is 12.7. The quantitative estimate of drug-likeness (QED) is 0.813. The minimum absolute atomic E-state index is 0.250. The topological polar surface area (TPSA) is 40.5 Å². The SMILES string of the molecule is CCC1CCC(C(=O)O)C(N(C)CC(F)F)C1. The maximum absolute atomic E-state index is 12.4. The molecule has 0 radical (unpaired) electrons. The zero-order valence-corrected chi connectivity index (χ0v) is 10.4. The number of nitrogens with zero attached hydrogens (tertiary/aromatic N) is 1. The van der Waals surface area contributed by atoms with Gasteiger partial charge in [-0.1, -0.05) is 13.3 Å². The van der Waals surface area contributed by atoms with Crippen molar-refractivity contribution in [3.8, 4) is 0 Å². The summed E-state index contributed by atoms with van der Waals surface area (Å²) in [5.74, 6) is -0.886. The van der Waals surface area contributed by atoms with Gasteiger partial charge in [-0.25, -0.2) is 8.78 Å². The van der Waals surface area contributed by atoms with Crippen LogP contribution in [0.25, 0.3) is 0 Å². The van der Waals surface area contributed by atoms with Gasteiger partial charge in [-0.15, -0.1) is 0 Å². The van der Waals surface area contributed by atoms with Gasteiger partial charge in [0.2, 0.25) is 0 Å². The fourth-order valence-corrected chi connectivity index (χ4v) is 2.73. The van der Waals surface area contributed by atoms with Crippen LogP contribution in [-0.4, -0.2) is 42.0 Å². The van der Waals surface area contributed by atoms with Gasteiger partial charge in [-0.05, 0) is 32.2 Å². The zero-order valence-electron chi connectivity index (χ0n) is 10.4. The molecule has 1 N–H and O–H groups in total. The summed E-state index contributed by atoms with van der Waals surface area (Å²) in [6, 6.07) is -0.250. The van der Waals surface area contributed by atoms with E-state index in [2.05, 4.69) is 6.92 Å². The highest BCUT2D eigenvalue weighted by Gasteiger charge is 2.37. The molecule has 0 aromatic carbocycles. The predicted octanol–water partition coefficient (Wildman–Crippen LogP) is 2.46. The van der Waals surface area contributed by atoms with Crippen LogP contribution in [0.2, 0.25) is 0 Å². The third kappa shape index (κ3) is 3.91. The molecule has 100 valence electrons. The third-order valence-electron chi connectivity index (χ3n) is 3.81. The van der Waals surface area contributed by atoms with Gasteiger partial charge in [-0.3, -0.25) is 9.69 Å². The van der Waals surface area contributed by atoms with Gasteiger partial charge in [0.05, 0.1) is 12.5 Å². The largest absolute Gasteiger partial charge is 0.481 e. The summed E-state index contributed by atoms with van der Waals surface area (Å²) >= 11 is 0. The molecule has 0 aromatic rings. The van der Waals surface area contributed by atoms with Crippen LogP contribution in [0, 0.1) is 11.8 Å². The molecule has 17 heavy (non-hydrogen) atoms. The molecule has 5 heteroatoms. The highest BCUT2D eigenvalue weighted by atomic mass is 19.3. The lowest BCUT2D eigenvalue weighted by atomic mass is 9.76. The molecule has 1 aliphatic rings. The maximum atomic E-state index is 12.4. The van der Waals surface area contributed by atoms with E-state index < -0.39 is 18.3 Å². The Bertz CT molecular complexity index is 261. The van der Waals surface area contributed by atoms with E-state index in [-0.39, 0.29) is 12.6 Å². The highest BCUT2D eigenvalue weighted by molar-refractivity contribution is 5.71. The monoisotopic (exact) mass is 249 g/mol. The number of carbonyl (C=O) groups is 1. The van der Waals surface area contributed by atoms with Gasteiger partial charge >= 0.3 is 5.97 Å². The van der Waals surface area contributed by atoms with Crippen molar-refractivity contribution < 1.29 is 18.7 Å². The Morgan fingerprint density at radius 2 is 2.12 bits per heavy atom. The Kier molecular flexibility index (Phi) is 5.31. The first-order chi connectivity index (χ1) is 7.95. The molecule has 0 bridgehead atoms. The van der Waals surface area contributed by atoms with Crippen LogP contribution >= 0.6 is 0 Å². The summed E-state index contributed by atoms with van der Waals surface area (Å²) in [6.45, 7) is 1.72. The lowest BCUT2D eigenvalue weighted by Gasteiger charge is -2.39. The van der Waals surface area contributed by atoms with E-state index in [0.717, 1.165) is 19.3 Å². The number of carboxylic acids is 1. The number of alkyl halides is 2. The lowest BCUT2D eigenvalue weighted by molar-refractivity contribution is -0.146. The van der Waals surface area contributed by atoms with E-state index in [1.807, 2.05) is 0 Å². The molecule has 0 saturated heterocycles. The van der Waals surface area contributed by atoms with E-state index in [4.69, 9.17) is 5.11 Å². The molecular weight excluding hydrogens is 228 g/mol. The minimum Gasteiger partial charge on any atom is -0.481 e. The summed E-state index contributed by atoms with van der Waals surface area (Å²) in [5.41, 5.74) is 0. The Hall–Kier alpha value is -0.710. The number of carboxylic acid groups (broad SMARTS) is 1. The van der Waals surface area contributed by atoms with E-state index in [1.165, 1.54) is 4.90 Å². The van der Waals surface area contributed by atoms with E-state index in [9.17, 15) is 13.6 Å². The predicted molar refractivity (Wildman–Crippen MR) is 61.2 cm³/mol. The van der Waals surface area contributed by atoms with Crippen molar-refractivity contribution in [2.24, 2.45) is 11.8 Å². The zero-order chi connectivity index (χ0) is 13.0. The number of rotatable bonds is 5. The van der Waals surface area contributed by atoms with Crippen molar-refractivity contribution >= 4 is 5.97 Å². The fourth-order valence-electron chi connectivity index (χ4n) is 2.73. The Morgan fingerprint density at radius 1 is 1.47 bits per heavy atom. The van der Waals surface area contributed by atoms with Crippen molar-refractivity contribution in [3.63, 3.8) is 0 Å². The smallest absolute Gasteiger partial charge is 0.308 e. The lowest BCUT2D eigenvalue weighted by Crippen LogP contribution is -2.46. The fraction of sp³-hybridized carbons (Fsp3) is 0.917. The first kappa shape index (κ1) is 14.4. The van der Waals surface area contributed by atoms with Crippen molar-refractivity contribution in [2.75, 3.05) is 13.6 Å². The molecule has 0 aromatic heterocycles. The van der Waals surface area contributed by atoms with Crippen molar-refractivity contribution in [2.45, 2.75) is 45.1 Å². The molecule has 0 aliphatic heterocycles. The molecule has 1 rings (SSSR count). The van der Waals surface area contributed by atoms with Gasteiger partial charge in [-0.2, -0.15) is 0 Å². The van der Waals surface area contributed by atoms with Crippen LogP contribution in [0.1, 0.15) is 32.6 Å². The summed E-state index contributed by atoms with van der Waals surface area (Å²) in [6.07, 6.45) is 0.803. The molecule has 0 spiro atoms. The van der Waals surface area contributed by atoms with Crippen LogP contribution in [0.3, 0.4) is 0 Å². The Morgan fingerprint density at radius 3 is 2.59 bits per heavy atom. The molecule has 3 nitrogen and oxygen atoms in total. The van der Waals surface area contributed by atoms with Crippen molar-refractivity contribution in [3.05, 3.63) is 0 Å². The van der Waals surface area contributed by atoms with Crippen LogP contribution in [0.4, 0.5) is 8.78 Å². The average molecular weight is 249 g/mol. The standard InChI is InChI=1S/C12H21F2NO2/c1-3-8-4-5-9(12(16)17)10(6-8)15(2)7-11(13)14/h8-11H,3-7H2,1-2H3,(H,16,17). The van der Waals surface area contributed by atoms with Gasteiger partial charge in [0.1, 0.15) is 0 Å². The molecule has 1 aliphatic carbocycles. The first-order valence-electron chi connectivity index (χ1n) is 6.16. The van der Waals surface area contributed by atoms with Crippen molar-refractivity contribution in [1.82, 2.24) is 4.90 Å². The third-order valence-corrected chi connectivity index (χ3v) is 3.81. The average Bonchev–Trinajstić information content (AvgIpc) is 2.27. The highest BCUT2D eigenvalue weighted by Crippen LogP contribution is 2.34. The molecule has 3 atom stereocenters. The second-order valence-corrected chi connectivity index (χ2v) is 4.93. The Balaban J connectivity index is 2.69. The Labute approximate surface area is 101 Å². The van der Waals surface area contributed by atoms with Crippen molar-refractivity contribution in [1.29, 1.82) is 0 Å². The van der Waals surface area contributed by atoms with Crippen LogP contribution in [-0.2, 0) is 4.79 Å². The van der Waals surface area contributed by atoms with E-state index in [0.29, 0.717) is 12.3 Å². The molecular formula is C12H21F2NO2. The molecule has 0 heterocycles. The summed E-state index contributed by atoms with van der Waals surface area (Å²) in [7, 11) is 1.60. The normalized spacial score (nSPS) is 29.9. The first-order valence-corrected chi connectivity index (χ1v) is 6.16. The molecule has 3 unspecified atom stereocenters. The number of hydrogen-bond acceptors (Lipinski definition) is 2. The van der Waals surface area contributed by atoms with Crippen LogP contribution < -0.4 is 0 Å². The molecule has 0 amide bonds. The van der Waals surface area contributed by atoms with Gasteiger partial charge in [0, 0.05) is 6.04 Å².